The fourth-order valence-electron chi connectivity index (χ4n) is 2.33. The summed E-state index contributed by atoms with van der Waals surface area (Å²) in [7, 11) is 0. The van der Waals surface area contributed by atoms with Crippen LogP contribution in [-0.2, 0) is 6.42 Å². The average Bonchev–Trinajstić information content (AvgIpc) is 2.48. The average molecular weight is 244 g/mol. The van der Waals surface area contributed by atoms with E-state index < -0.39 is 0 Å². The van der Waals surface area contributed by atoms with Crippen LogP contribution in [0.3, 0.4) is 0 Å². The smallest absolute Gasteiger partial charge is 0.143 e. The van der Waals surface area contributed by atoms with Gasteiger partial charge in [0.2, 0.25) is 0 Å². The molecule has 0 fully saturated rings. The van der Waals surface area contributed by atoms with Gasteiger partial charge in [0.1, 0.15) is 11.8 Å². The largest absolute Gasteiger partial charge is 0.245 e. The molecule has 1 aromatic heterocycles. The maximum atomic E-state index is 9.10. The summed E-state index contributed by atoms with van der Waals surface area (Å²) < 4.78 is 0. The first-order valence-corrected chi connectivity index (χ1v) is 6.19. The van der Waals surface area contributed by atoms with Crippen molar-refractivity contribution < 1.29 is 0 Å². The fraction of sp³-hybridized carbons (Fsp3) is 0.0588. The van der Waals surface area contributed by atoms with Gasteiger partial charge in [-0.05, 0) is 28.0 Å². The highest BCUT2D eigenvalue weighted by atomic mass is 14.7. The number of rotatable bonds is 2. The second-order valence-corrected chi connectivity index (χ2v) is 4.44. The Hall–Kier alpha value is -2.66. The Bertz CT molecular complexity index is 764. The van der Waals surface area contributed by atoms with Crippen LogP contribution in [0.4, 0.5) is 0 Å². The van der Waals surface area contributed by atoms with Gasteiger partial charge in [0.05, 0.1) is 0 Å². The third-order valence-corrected chi connectivity index (χ3v) is 3.26. The van der Waals surface area contributed by atoms with E-state index in [4.69, 9.17) is 5.26 Å². The second kappa shape index (κ2) is 4.91. The molecule has 1 heterocycles. The molecule has 0 bridgehead atoms. The van der Waals surface area contributed by atoms with Crippen LogP contribution in [0.15, 0.2) is 60.8 Å². The van der Waals surface area contributed by atoms with Crippen LogP contribution in [-0.4, -0.2) is 4.98 Å². The predicted octanol–water partition coefficient (Wildman–Crippen LogP) is 3.70. The lowest BCUT2D eigenvalue weighted by atomic mass is 9.98. The van der Waals surface area contributed by atoms with Gasteiger partial charge in [-0.25, -0.2) is 4.98 Å². The van der Waals surface area contributed by atoms with Gasteiger partial charge in [-0.3, -0.25) is 0 Å². The number of hydrogen-bond acceptors (Lipinski definition) is 2. The molecule has 90 valence electrons. The molecule has 0 radical (unpaired) electrons. The molecule has 0 atom stereocenters. The summed E-state index contributed by atoms with van der Waals surface area (Å²) >= 11 is 0. The Morgan fingerprint density at radius 3 is 2.58 bits per heavy atom. The van der Waals surface area contributed by atoms with Crippen molar-refractivity contribution in [2.24, 2.45) is 0 Å². The van der Waals surface area contributed by atoms with Crippen molar-refractivity contribution in [2.45, 2.75) is 6.42 Å². The van der Waals surface area contributed by atoms with E-state index in [1.165, 1.54) is 16.3 Å². The Morgan fingerprint density at radius 1 is 0.895 bits per heavy atom. The van der Waals surface area contributed by atoms with Gasteiger partial charge in [-0.2, -0.15) is 5.26 Å². The van der Waals surface area contributed by atoms with Crippen LogP contribution in [0.25, 0.3) is 10.8 Å². The molecule has 0 saturated carbocycles. The van der Waals surface area contributed by atoms with Gasteiger partial charge in [0.15, 0.2) is 0 Å². The fourth-order valence-corrected chi connectivity index (χ4v) is 2.33. The summed E-state index contributed by atoms with van der Waals surface area (Å²) in [5, 5.41) is 11.6. The van der Waals surface area contributed by atoms with Crippen LogP contribution < -0.4 is 0 Å². The number of pyridine rings is 1. The first-order valence-electron chi connectivity index (χ1n) is 6.19. The third-order valence-electron chi connectivity index (χ3n) is 3.26. The lowest BCUT2D eigenvalue weighted by molar-refractivity contribution is 1.13. The van der Waals surface area contributed by atoms with Gasteiger partial charge in [-0.1, -0.05) is 48.5 Å². The molecule has 0 aliphatic heterocycles. The van der Waals surface area contributed by atoms with Gasteiger partial charge in [0.25, 0.3) is 0 Å². The molecule has 3 aromatic rings. The zero-order chi connectivity index (χ0) is 13.1. The SMILES string of the molecule is N#Cc1ncccc1Cc1cccc2ccccc12. The summed E-state index contributed by atoms with van der Waals surface area (Å²) in [6, 6.07) is 20.6. The van der Waals surface area contributed by atoms with Crippen LogP contribution in [0.5, 0.6) is 0 Å². The Balaban J connectivity index is 2.09. The number of nitrogens with zero attached hydrogens (tertiary/aromatic N) is 2. The number of hydrogen-bond donors (Lipinski definition) is 0. The Kier molecular flexibility index (Phi) is 2.96. The van der Waals surface area contributed by atoms with Gasteiger partial charge < -0.3 is 0 Å². The molecular formula is C17H12N2. The monoisotopic (exact) mass is 244 g/mol. The van der Waals surface area contributed by atoms with E-state index in [-0.39, 0.29) is 0 Å². The molecule has 2 heteroatoms. The number of aromatic nitrogens is 1. The molecule has 0 aliphatic carbocycles. The number of benzene rings is 2. The number of nitriles is 1. The van der Waals surface area contributed by atoms with Gasteiger partial charge in [0, 0.05) is 12.6 Å². The normalized spacial score (nSPS) is 10.3. The minimum absolute atomic E-state index is 0.510. The molecule has 19 heavy (non-hydrogen) atoms. The minimum Gasteiger partial charge on any atom is -0.245 e. The third kappa shape index (κ3) is 2.19. The topological polar surface area (TPSA) is 36.7 Å². The predicted molar refractivity (Wildman–Crippen MR) is 75.7 cm³/mol. The first-order chi connectivity index (χ1) is 9.38. The van der Waals surface area contributed by atoms with Crippen LogP contribution in [0.1, 0.15) is 16.8 Å². The lowest BCUT2D eigenvalue weighted by Crippen LogP contribution is -1.95. The molecule has 2 aromatic carbocycles. The Morgan fingerprint density at radius 2 is 1.68 bits per heavy atom. The summed E-state index contributed by atoms with van der Waals surface area (Å²) in [4.78, 5) is 4.11. The van der Waals surface area contributed by atoms with Crippen molar-refractivity contribution >= 4 is 10.8 Å². The highest BCUT2D eigenvalue weighted by Gasteiger charge is 2.06. The van der Waals surface area contributed by atoms with E-state index in [0.717, 1.165) is 12.0 Å². The lowest BCUT2D eigenvalue weighted by Gasteiger charge is -2.07. The van der Waals surface area contributed by atoms with Crippen molar-refractivity contribution in [1.82, 2.24) is 4.98 Å². The van der Waals surface area contributed by atoms with Crippen molar-refractivity contribution in [3.8, 4) is 6.07 Å². The van der Waals surface area contributed by atoms with E-state index in [0.29, 0.717) is 5.69 Å². The van der Waals surface area contributed by atoms with E-state index >= 15 is 0 Å². The zero-order valence-electron chi connectivity index (χ0n) is 10.4. The molecule has 2 nitrogen and oxygen atoms in total. The molecular weight excluding hydrogens is 232 g/mol. The second-order valence-electron chi connectivity index (χ2n) is 4.44. The summed E-state index contributed by atoms with van der Waals surface area (Å²) in [5.41, 5.74) is 2.71. The number of fused-ring (bicyclic) bond motifs is 1. The van der Waals surface area contributed by atoms with E-state index in [9.17, 15) is 0 Å². The summed E-state index contributed by atoms with van der Waals surface area (Å²) in [6.07, 6.45) is 2.39. The van der Waals surface area contributed by atoms with Crippen molar-refractivity contribution in [1.29, 1.82) is 5.26 Å². The van der Waals surface area contributed by atoms with Gasteiger partial charge >= 0.3 is 0 Å². The highest BCUT2D eigenvalue weighted by molar-refractivity contribution is 5.85. The molecule has 0 N–H and O–H groups in total. The van der Waals surface area contributed by atoms with Crippen LogP contribution >= 0.6 is 0 Å². The molecule has 0 spiro atoms. The zero-order valence-corrected chi connectivity index (χ0v) is 10.4. The minimum atomic E-state index is 0.510. The molecule has 3 rings (SSSR count). The molecule has 0 unspecified atom stereocenters. The summed E-state index contributed by atoms with van der Waals surface area (Å²) in [6.45, 7) is 0. The molecule has 0 saturated heterocycles. The van der Waals surface area contributed by atoms with Crippen molar-refractivity contribution in [3.63, 3.8) is 0 Å². The molecule has 0 aliphatic rings. The van der Waals surface area contributed by atoms with E-state index in [2.05, 4.69) is 41.4 Å². The Labute approximate surface area is 112 Å². The standard InChI is InChI=1S/C17H12N2/c18-12-17-15(8-4-10-19-17)11-14-7-3-6-13-5-1-2-9-16(13)14/h1-10H,11H2. The first kappa shape index (κ1) is 11.4. The quantitative estimate of drug-likeness (QED) is 0.689. The maximum absolute atomic E-state index is 9.10. The van der Waals surface area contributed by atoms with Crippen LogP contribution in [0, 0.1) is 11.3 Å². The maximum Gasteiger partial charge on any atom is 0.143 e. The van der Waals surface area contributed by atoms with Crippen molar-refractivity contribution in [3.05, 3.63) is 77.6 Å². The summed E-state index contributed by atoms with van der Waals surface area (Å²) in [5.74, 6) is 0. The van der Waals surface area contributed by atoms with Crippen molar-refractivity contribution in [2.75, 3.05) is 0 Å². The van der Waals surface area contributed by atoms with Crippen LogP contribution in [0.2, 0.25) is 0 Å². The highest BCUT2D eigenvalue weighted by Crippen LogP contribution is 2.21. The van der Waals surface area contributed by atoms with E-state index in [1.807, 2.05) is 24.3 Å². The van der Waals surface area contributed by atoms with Gasteiger partial charge in [-0.15, -0.1) is 0 Å². The molecule has 0 amide bonds. The van der Waals surface area contributed by atoms with E-state index in [1.54, 1.807) is 6.20 Å².